The number of hydrogen-bond acceptors (Lipinski definition) is 4. The van der Waals surface area contributed by atoms with Gasteiger partial charge in [-0.1, -0.05) is 12.1 Å². The average molecular weight is 625 g/mol. The molecule has 0 aliphatic carbocycles. The number of oxazole rings is 1. The van der Waals surface area contributed by atoms with Crippen molar-refractivity contribution in [2.45, 2.75) is 0 Å². The van der Waals surface area contributed by atoms with Crippen molar-refractivity contribution < 1.29 is 9.21 Å². The Bertz CT molecular complexity index is 1240. The summed E-state index contributed by atoms with van der Waals surface area (Å²) in [5, 5.41) is 5.93. The Hall–Kier alpha value is -2.05. The molecule has 0 saturated heterocycles. The summed E-state index contributed by atoms with van der Waals surface area (Å²) in [4.78, 5) is 16.9. The Balaban J connectivity index is 1.49. The van der Waals surface area contributed by atoms with Crippen LogP contribution in [-0.2, 0) is 0 Å². The monoisotopic (exact) mass is 625 g/mol. The van der Waals surface area contributed by atoms with Crippen LogP contribution in [-0.4, -0.2) is 16.0 Å². The maximum atomic E-state index is 12.3. The van der Waals surface area contributed by atoms with Gasteiger partial charge in [0.1, 0.15) is 5.52 Å². The highest BCUT2D eigenvalue weighted by Crippen LogP contribution is 2.27. The van der Waals surface area contributed by atoms with Gasteiger partial charge in [0.2, 0.25) is 5.89 Å². The van der Waals surface area contributed by atoms with E-state index in [4.69, 9.17) is 16.6 Å². The summed E-state index contributed by atoms with van der Waals surface area (Å²) in [5.41, 5.74) is 3.57. The summed E-state index contributed by atoms with van der Waals surface area (Å²) in [6.07, 6.45) is 0. The molecule has 0 bridgehead atoms. The zero-order valence-corrected chi connectivity index (χ0v) is 19.9. The Kier molecular flexibility index (Phi) is 6.11. The van der Waals surface area contributed by atoms with Crippen molar-refractivity contribution in [3.05, 3.63) is 79.4 Å². The van der Waals surface area contributed by atoms with Crippen LogP contribution in [0, 0.1) is 7.14 Å². The second-order valence-electron chi connectivity index (χ2n) is 6.13. The van der Waals surface area contributed by atoms with Gasteiger partial charge in [0.05, 0.1) is 0 Å². The standard InChI is InChI=1S/C21H13I2N3O2S/c22-14-5-1-3-12(9-14)19(27)26-21(29)24-16-7-8-18-17(11-16)25-20(28-18)13-4-2-6-15(23)10-13/h1-11H,(H2,24,26,27,29). The first-order valence-electron chi connectivity index (χ1n) is 8.52. The van der Waals surface area contributed by atoms with Crippen LogP contribution < -0.4 is 10.6 Å². The summed E-state index contributed by atoms with van der Waals surface area (Å²) in [5.74, 6) is 0.301. The molecule has 5 nitrogen and oxygen atoms in total. The number of thiocarbonyl (C=S) groups is 1. The van der Waals surface area contributed by atoms with Crippen LogP contribution in [0.15, 0.2) is 71.1 Å². The van der Waals surface area contributed by atoms with E-state index in [1.54, 1.807) is 12.1 Å². The molecule has 3 aromatic carbocycles. The van der Waals surface area contributed by atoms with Gasteiger partial charge in [-0.3, -0.25) is 10.1 Å². The number of aromatic nitrogens is 1. The molecule has 29 heavy (non-hydrogen) atoms. The van der Waals surface area contributed by atoms with Gasteiger partial charge in [-0.15, -0.1) is 0 Å². The molecule has 0 spiro atoms. The molecular weight excluding hydrogens is 612 g/mol. The van der Waals surface area contributed by atoms with E-state index in [9.17, 15) is 4.79 Å². The number of amides is 1. The molecule has 1 amide bonds. The van der Waals surface area contributed by atoms with E-state index in [2.05, 4.69) is 60.8 Å². The number of benzene rings is 3. The van der Waals surface area contributed by atoms with Gasteiger partial charge < -0.3 is 9.73 Å². The lowest BCUT2D eigenvalue weighted by Gasteiger charge is -2.09. The maximum Gasteiger partial charge on any atom is 0.257 e. The molecule has 0 unspecified atom stereocenters. The molecule has 8 heteroatoms. The van der Waals surface area contributed by atoms with Crippen LogP contribution in [0.5, 0.6) is 0 Å². The molecular formula is C21H13I2N3O2S. The van der Waals surface area contributed by atoms with Crippen LogP contribution in [0.3, 0.4) is 0 Å². The van der Waals surface area contributed by atoms with Crippen LogP contribution in [0.1, 0.15) is 10.4 Å². The average Bonchev–Trinajstić information content (AvgIpc) is 3.11. The van der Waals surface area contributed by atoms with Crippen molar-refractivity contribution in [1.82, 2.24) is 10.3 Å². The van der Waals surface area contributed by atoms with Gasteiger partial charge in [0.15, 0.2) is 10.7 Å². The fourth-order valence-electron chi connectivity index (χ4n) is 2.72. The number of hydrogen-bond donors (Lipinski definition) is 2. The topological polar surface area (TPSA) is 67.2 Å². The lowest BCUT2D eigenvalue weighted by Crippen LogP contribution is -2.34. The lowest BCUT2D eigenvalue weighted by molar-refractivity contribution is 0.0977. The van der Waals surface area contributed by atoms with Gasteiger partial charge in [0, 0.05) is 24.0 Å². The lowest BCUT2D eigenvalue weighted by atomic mass is 10.2. The maximum absolute atomic E-state index is 12.3. The third-order valence-corrected chi connectivity index (χ3v) is 5.58. The predicted octanol–water partition coefficient (Wildman–Crippen LogP) is 5.83. The third kappa shape index (κ3) is 4.93. The van der Waals surface area contributed by atoms with E-state index >= 15 is 0 Å². The molecule has 0 atom stereocenters. The zero-order chi connectivity index (χ0) is 20.4. The molecule has 0 aliphatic heterocycles. The minimum Gasteiger partial charge on any atom is -0.436 e. The molecule has 2 N–H and O–H groups in total. The fraction of sp³-hybridized carbons (Fsp3) is 0. The number of halogens is 2. The summed E-state index contributed by atoms with van der Waals surface area (Å²) in [6, 6.07) is 20.7. The van der Waals surface area contributed by atoms with Crippen molar-refractivity contribution >= 4 is 85.2 Å². The van der Waals surface area contributed by atoms with Gasteiger partial charge in [-0.2, -0.15) is 0 Å². The molecule has 0 saturated carbocycles. The minimum absolute atomic E-state index is 0.217. The number of anilines is 1. The van der Waals surface area contributed by atoms with Crippen LogP contribution in [0.25, 0.3) is 22.6 Å². The highest BCUT2D eigenvalue weighted by molar-refractivity contribution is 14.1. The Morgan fingerprint density at radius 2 is 1.72 bits per heavy atom. The number of rotatable bonds is 3. The van der Waals surface area contributed by atoms with Crippen molar-refractivity contribution in [2.75, 3.05) is 5.32 Å². The molecule has 144 valence electrons. The molecule has 4 rings (SSSR count). The second kappa shape index (κ2) is 8.76. The Labute approximate surface area is 199 Å². The van der Waals surface area contributed by atoms with Crippen molar-refractivity contribution in [3.8, 4) is 11.5 Å². The summed E-state index contributed by atoms with van der Waals surface area (Å²) >= 11 is 9.69. The summed E-state index contributed by atoms with van der Waals surface area (Å²) in [7, 11) is 0. The second-order valence-corrected chi connectivity index (χ2v) is 9.03. The molecule has 4 aromatic rings. The minimum atomic E-state index is -0.260. The van der Waals surface area contributed by atoms with E-state index in [0.717, 1.165) is 12.7 Å². The molecule has 0 fully saturated rings. The van der Waals surface area contributed by atoms with Gasteiger partial charge in [-0.05, 0) is 112 Å². The van der Waals surface area contributed by atoms with E-state index < -0.39 is 0 Å². The van der Waals surface area contributed by atoms with Crippen molar-refractivity contribution in [2.24, 2.45) is 0 Å². The highest BCUT2D eigenvalue weighted by Gasteiger charge is 2.11. The third-order valence-electron chi connectivity index (χ3n) is 4.03. The number of carbonyl (C=O) groups is 1. The zero-order valence-electron chi connectivity index (χ0n) is 14.8. The van der Waals surface area contributed by atoms with Crippen molar-refractivity contribution in [3.63, 3.8) is 0 Å². The van der Waals surface area contributed by atoms with Crippen LogP contribution in [0.2, 0.25) is 0 Å². The van der Waals surface area contributed by atoms with E-state index in [0.29, 0.717) is 28.2 Å². The van der Waals surface area contributed by atoms with E-state index in [-0.39, 0.29) is 11.0 Å². The largest absolute Gasteiger partial charge is 0.436 e. The van der Waals surface area contributed by atoms with E-state index in [1.165, 1.54) is 0 Å². The fourth-order valence-corrected chi connectivity index (χ4v) is 4.01. The first kappa shape index (κ1) is 20.2. The summed E-state index contributed by atoms with van der Waals surface area (Å²) in [6.45, 7) is 0. The quantitative estimate of drug-likeness (QED) is 0.222. The molecule has 0 aliphatic rings. The number of fused-ring (bicyclic) bond motifs is 1. The van der Waals surface area contributed by atoms with Crippen LogP contribution in [0.4, 0.5) is 5.69 Å². The summed E-state index contributed by atoms with van der Waals surface area (Å²) < 4.78 is 7.95. The smallest absolute Gasteiger partial charge is 0.257 e. The van der Waals surface area contributed by atoms with Crippen LogP contribution >= 0.6 is 57.4 Å². The molecule has 1 aromatic heterocycles. The molecule has 0 radical (unpaired) electrons. The van der Waals surface area contributed by atoms with Gasteiger partial charge in [0.25, 0.3) is 5.91 Å². The SMILES string of the molecule is O=C(NC(=S)Nc1ccc2oc(-c3cccc(I)c3)nc2c1)c1cccc(I)c1. The Morgan fingerprint density at radius 3 is 2.48 bits per heavy atom. The first-order chi connectivity index (χ1) is 14.0. The number of nitrogens with zero attached hydrogens (tertiary/aromatic N) is 1. The predicted molar refractivity (Wildman–Crippen MR) is 135 cm³/mol. The number of carbonyl (C=O) groups excluding carboxylic acids is 1. The Morgan fingerprint density at radius 1 is 0.966 bits per heavy atom. The van der Waals surface area contributed by atoms with Crippen molar-refractivity contribution in [1.29, 1.82) is 0 Å². The normalized spacial score (nSPS) is 10.7. The highest BCUT2D eigenvalue weighted by atomic mass is 127. The van der Waals surface area contributed by atoms with Gasteiger partial charge >= 0.3 is 0 Å². The van der Waals surface area contributed by atoms with Gasteiger partial charge in [-0.25, -0.2) is 4.98 Å². The first-order valence-corrected chi connectivity index (χ1v) is 11.1. The van der Waals surface area contributed by atoms with E-state index in [1.807, 2.05) is 54.6 Å². The molecule has 1 heterocycles. The number of nitrogens with one attached hydrogen (secondary N) is 2.